The summed E-state index contributed by atoms with van der Waals surface area (Å²) in [4.78, 5) is 31.5. The lowest BCUT2D eigenvalue weighted by atomic mass is 9.97. The molecule has 0 bridgehead atoms. The summed E-state index contributed by atoms with van der Waals surface area (Å²) in [5.41, 5.74) is 4.42. The highest BCUT2D eigenvalue weighted by Crippen LogP contribution is 2.29. The summed E-state index contributed by atoms with van der Waals surface area (Å²) >= 11 is 0. The van der Waals surface area contributed by atoms with Gasteiger partial charge in [0.25, 0.3) is 5.91 Å². The molecule has 0 aliphatic carbocycles. The first kappa shape index (κ1) is 24.3. The fourth-order valence-electron chi connectivity index (χ4n) is 4.30. The normalized spacial score (nSPS) is 13.9. The van der Waals surface area contributed by atoms with E-state index >= 15 is 0 Å². The minimum Gasteiger partial charge on any atom is -0.497 e. The molecular weight excluding hydrogens is 442 g/mol. The van der Waals surface area contributed by atoms with Crippen LogP contribution in [0.25, 0.3) is 11.1 Å². The van der Waals surface area contributed by atoms with Crippen molar-refractivity contribution in [3.63, 3.8) is 0 Å². The number of aromatic nitrogens is 1. The number of esters is 1. The lowest BCUT2D eigenvalue weighted by Gasteiger charge is -2.31. The third-order valence-corrected chi connectivity index (χ3v) is 6.35. The molecule has 35 heavy (non-hydrogen) atoms. The molecule has 0 saturated carbocycles. The number of hydrogen-bond donors (Lipinski definition) is 1. The SMILES string of the molecule is CCOC(=O)C1CCN(c2ccc(C(=O)Nc3ccc(C)c(-c4ccc(OC)cc4)c3)cn2)CC1. The molecule has 182 valence electrons. The van der Waals surface area contributed by atoms with Gasteiger partial charge in [-0.25, -0.2) is 4.98 Å². The number of aryl methyl sites for hydroxylation is 1. The minimum absolute atomic E-state index is 0.0476. The first-order valence-corrected chi connectivity index (χ1v) is 11.9. The Kier molecular flexibility index (Phi) is 7.65. The van der Waals surface area contributed by atoms with Crippen molar-refractivity contribution in [2.45, 2.75) is 26.7 Å². The number of nitrogens with one attached hydrogen (secondary N) is 1. The monoisotopic (exact) mass is 473 g/mol. The maximum atomic E-state index is 12.9. The van der Waals surface area contributed by atoms with Crippen LogP contribution < -0.4 is 15.0 Å². The van der Waals surface area contributed by atoms with Gasteiger partial charge in [-0.2, -0.15) is 0 Å². The van der Waals surface area contributed by atoms with E-state index in [0.717, 1.165) is 59.9 Å². The Balaban J connectivity index is 1.39. The second-order valence-electron chi connectivity index (χ2n) is 8.63. The van der Waals surface area contributed by atoms with Gasteiger partial charge in [0, 0.05) is 25.0 Å². The summed E-state index contributed by atoms with van der Waals surface area (Å²) in [6.45, 7) is 5.76. The Morgan fingerprint density at radius 1 is 1.06 bits per heavy atom. The molecule has 0 spiro atoms. The van der Waals surface area contributed by atoms with Gasteiger partial charge in [0.2, 0.25) is 0 Å². The number of rotatable bonds is 7. The van der Waals surface area contributed by atoms with Gasteiger partial charge in [0.15, 0.2) is 0 Å². The number of ether oxygens (including phenoxy) is 2. The van der Waals surface area contributed by atoms with Crippen molar-refractivity contribution in [3.05, 3.63) is 71.9 Å². The molecule has 0 atom stereocenters. The van der Waals surface area contributed by atoms with Crippen LogP contribution in [0.3, 0.4) is 0 Å². The molecule has 1 aliphatic rings. The fourth-order valence-corrected chi connectivity index (χ4v) is 4.30. The Morgan fingerprint density at radius 3 is 2.43 bits per heavy atom. The summed E-state index contributed by atoms with van der Waals surface area (Å²) < 4.78 is 10.4. The van der Waals surface area contributed by atoms with Crippen molar-refractivity contribution in [2.75, 3.05) is 37.0 Å². The number of anilines is 2. The predicted octanol–water partition coefficient (Wildman–Crippen LogP) is 5.10. The lowest BCUT2D eigenvalue weighted by Crippen LogP contribution is -2.37. The number of nitrogens with zero attached hydrogens (tertiary/aromatic N) is 2. The Morgan fingerprint density at radius 2 is 1.80 bits per heavy atom. The number of hydrogen-bond acceptors (Lipinski definition) is 6. The lowest BCUT2D eigenvalue weighted by molar-refractivity contribution is -0.148. The average Bonchev–Trinajstić information content (AvgIpc) is 2.90. The van der Waals surface area contributed by atoms with Gasteiger partial charge in [-0.1, -0.05) is 18.2 Å². The van der Waals surface area contributed by atoms with E-state index in [2.05, 4.69) is 15.2 Å². The van der Waals surface area contributed by atoms with Crippen LogP contribution in [0.2, 0.25) is 0 Å². The van der Waals surface area contributed by atoms with Crippen LogP contribution in [0.5, 0.6) is 5.75 Å². The van der Waals surface area contributed by atoms with Crippen LogP contribution >= 0.6 is 0 Å². The number of benzene rings is 2. The molecule has 2 heterocycles. The van der Waals surface area contributed by atoms with E-state index in [4.69, 9.17) is 9.47 Å². The van der Waals surface area contributed by atoms with Crippen LogP contribution in [0.4, 0.5) is 11.5 Å². The quantitative estimate of drug-likeness (QED) is 0.481. The highest BCUT2D eigenvalue weighted by Gasteiger charge is 2.26. The number of carbonyl (C=O) groups is 2. The van der Waals surface area contributed by atoms with Crippen molar-refractivity contribution >= 4 is 23.4 Å². The second-order valence-corrected chi connectivity index (χ2v) is 8.63. The van der Waals surface area contributed by atoms with Crippen LogP contribution in [-0.2, 0) is 9.53 Å². The van der Waals surface area contributed by atoms with E-state index in [1.807, 2.05) is 62.4 Å². The van der Waals surface area contributed by atoms with Crippen LogP contribution in [0.15, 0.2) is 60.8 Å². The van der Waals surface area contributed by atoms with E-state index in [1.165, 1.54) is 0 Å². The highest BCUT2D eigenvalue weighted by molar-refractivity contribution is 6.04. The van der Waals surface area contributed by atoms with E-state index in [1.54, 1.807) is 19.4 Å². The molecule has 2 aromatic carbocycles. The fraction of sp³-hybridized carbons (Fsp3) is 0.321. The maximum absolute atomic E-state index is 12.9. The van der Waals surface area contributed by atoms with Gasteiger partial charge >= 0.3 is 5.97 Å². The predicted molar refractivity (Wildman–Crippen MR) is 137 cm³/mol. The van der Waals surface area contributed by atoms with Gasteiger partial charge < -0.3 is 19.7 Å². The van der Waals surface area contributed by atoms with Gasteiger partial charge in [-0.15, -0.1) is 0 Å². The molecule has 0 radical (unpaired) electrons. The molecule has 1 saturated heterocycles. The molecule has 4 rings (SSSR count). The first-order chi connectivity index (χ1) is 17.0. The molecule has 1 amide bonds. The summed E-state index contributed by atoms with van der Waals surface area (Å²) in [7, 11) is 1.64. The average molecular weight is 474 g/mol. The van der Waals surface area contributed by atoms with E-state index in [-0.39, 0.29) is 17.8 Å². The Hall–Kier alpha value is -3.87. The number of piperidine rings is 1. The molecule has 7 heteroatoms. The number of methoxy groups -OCH3 is 1. The molecule has 1 aliphatic heterocycles. The zero-order valence-electron chi connectivity index (χ0n) is 20.4. The van der Waals surface area contributed by atoms with Gasteiger partial charge in [-0.05, 0) is 79.8 Å². The topological polar surface area (TPSA) is 80.8 Å². The van der Waals surface area contributed by atoms with Gasteiger partial charge in [-0.3, -0.25) is 9.59 Å². The van der Waals surface area contributed by atoms with E-state index < -0.39 is 0 Å². The number of carbonyl (C=O) groups excluding carboxylic acids is 2. The number of amides is 1. The highest BCUT2D eigenvalue weighted by atomic mass is 16.5. The zero-order valence-corrected chi connectivity index (χ0v) is 20.4. The Labute approximate surface area is 206 Å². The molecule has 7 nitrogen and oxygen atoms in total. The molecule has 3 aromatic rings. The zero-order chi connectivity index (χ0) is 24.8. The third kappa shape index (κ3) is 5.80. The molecule has 1 fully saturated rings. The van der Waals surface area contributed by atoms with Crippen molar-refractivity contribution < 1.29 is 19.1 Å². The van der Waals surface area contributed by atoms with Gasteiger partial charge in [0.1, 0.15) is 11.6 Å². The van der Waals surface area contributed by atoms with Gasteiger partial charge in [0.05, 0.1) is 25.2 Å². The van der Waals surface area contributed by atoms with E-state index in [9.17, 15) is 9.59 Å². The summed E-state index contributed by atoms with van der Waals surface area (Å²) in [6.07, 6.45) is 3.08. The molecule has 1 N–H and O–H groups in total. The first-order valence-electron chi connectivity index (χ1n) is 11.9. The smallest absolute Gasteiger partial charge is 0.309 e. The third-order valence-electron chi connectivity index (χ3n) is 6.35. The maximum Gasteiger partial charge on any atom is 0.309 e. The minimum atomic E-state index is -0.213. The van der Waals surface area contributed by atoms with Crippen molar-refractivity contribution in [1.29, 1.82) is 0 Å². The standard InChI is InChI=1S/C28H31N3O4/c1-4-35-28(33)21-13-15-31(16-14-21)26-12-8-22(18-29-26)27(32)30-23-9-5-19(2)25(17-23)20-6-10-24(34-3)11-7-20/h5-12,17-18,21H,4,13-16H2,1-3H3,(H,30,32). The summed E-state index contributed by atoms with van der Waals surface area (Å²) in [6, 6.07) is 17.4. The molecular formula is C28H31N3O4. The van der Waals surface area contributed by atoms with E-state index in [0.29, 0.717) is 12.2 Å². The van der Waals surface area contributed by atoms with Crippen molar-refractivity contribution in [2.24, 2.45) is 5.92 Å². The summed E-state index contributed by atoms with van der Waals surface area (Å²) in [5, 5.41) is 2.98. The molecule has 1 aromatic heterocycles. The number of pyridine rings is 1. The van der Waals surface area contributed by atoms with Crippen LogP contribution in [-0.4, -0.2) is 43.7 Å². The van der Waals surface area contributed by atoms with Crippen molar-refractivity contribution in [3.8, 4) is 16.9 Å². The van der Waals surface area contributed by atoms with Crippen LogP contribution in [0, 0.1) is 12.8 Å². The second kappa shape index (κ2) is 11.0. The summed E-state index contributed by atoms with van der Waals surface area (Å²) in [5.74, 6) is 1.23. The van der Waals surface area contributed by atoms with Crippen LogP contribution in [0.1, 0.15) is 35.7 Å². The largest absolute Gasteiger partial charge is 0.497 e. The van der Waals surface area contributed by atoms with Crippen molar-refractivity contribution in [1.82, 2.24) is 4.98 Å². The Bertz CT molecular complexity index is 1170. The molecule has 0 unspecified atom stereocenters.